The molecule has 0 bridgehead atoms. The summed E-state index contributed by atoms with van der Waals surface area (Å²) in [4.78, 5) is 2.43. The number of fused-ring (bicyclic) bond motifs is 1. The molecule has 0 saturated carbocycles. The Bertz CT molecular complexity index is 579. The van der Waals surface area contributed by atoms with Crippen molar-refractivity contribution in [3.63, 3.8) is 0 Å². The maximum Gasteiger partial charge on any atom is 0.122 e. The minimum Gasteiger partial charge on any atom is -0.493 e. The van der Waals surface area contributed by atoms with Crippen LogP contribution in [-0.4, -0.2) is 37.9 Å². The first-order valence-corrected chi connectivity index (χ1v) is 7.63. The lowest BCUT2D eigenvalue weighted by Crippen LogP contribution is -2.36. The Morgan fingerprint density at radius 3 is 3.00 bits per heavy atom. The summed E-state index contributed by atoms with van der Waals surface area (Å²) in [6.07, 6.45) is 3.49. The van der Waals surface area contributed by atoms with Crippen molar-refractivity contribution in [1.82, 2.24) is 10.2 Å². The van der Waals surface area contributed by atoms with E-state index >= 15 is 0 Å². The van der Waals surface area contributed by atoms with E-state index in [1.54, 1.807) is 0 Å². The fourth-order valence-corrected chi connectivity index (χ4v) is 3.21. The highest BCUT2D eigenvalue weighted by atomic mass is 16.5. The van der Waals surface area contributed by atoms with Crippen LogP contribution >= 0.6 is 0 Å². The van der Waals surface area contributed by atoms with Gasteiger partial charge in [-0.2, -0.15) is 0 Å². The number of rotatable bonds is 4. The van der Waals surface area contributed by atoms with Crippen molar-refractivity contribution in [2.45, 2.75) is 25.8 Å². The maximum absolute atomic E-state index is 7.60. The molecule has 4 nitrogen and oxygen atoms in total. The molecule has 0 spiro atoms. The molecule has 1 atom stereocenters. The van der Waals surface area contributed by atoms with Crippen LogP contribution in [0.5, 0.6) is 5.75 Å². The Labute approximate surface area is 126 Å². The third kappa shape index (κ3) is 2.68. The monoisotopic (exact) mass is 285 g/mol. The SMILES string of the molecule is CNC1=C(C=N)CN(C(C)c2ccc3c(c2)OCC3)CC1. The average Bonchev–Trinajstić information content (AvgIpc) is 3.00. The zero-order valence-corrected chi connectivity index (χ0v) is 12.8. The number of hydrogen-bond donors (Lipinski definition) is 2. The predicted molar refractivity (Wildman–Crippen MR) is 85.1 cm³/mol. The van der Waals surface area contributed by atoms with E-state index in [9.17, 15) is 0 Å². The molecule has 0 saturated heterocycles. The van der Waals surface area contributed by atoms with Crippen LogP contribution in [-0.2, 0) is 6.42 Å². The summed E-state index contributed by atoms with van der Waals surface area (Å²) in [7, 11) is 1.94. The Hall–Kier alpha value is -1.81. The second-order valence-electron chi connectivity index (χ2n) is 5.76. The Morgan fingerprint density at radius 1 is 1.38 bits per heavy atom. The van der Waals surface area contributed by atoms with Gasteiger partial charge < -0.3 is 15.5 Å². The number of benzene rings is 1. The van der Waals surface area contributed by atoms with Gasteiger partial charge in [0.25, 0.3) is 0 Å². The van der Waals surface area contributed by atoms with Crippen molar-refractivity contribution >= 4 is 6.21 Å². The number of nitrogens with zero attached hydrogens (tertiary/aromatic N) is 1. The second-order valence-corrected chi connectivity index (χ2v) is 5.76. The molecule has 2 N–H and O–H groups in total. The van der Waals surface area contributed by atoms with E-state index in [-0.39, 0.29) is 0 Å². The summed E-state index contributed by atoms with van der Waals surface area (Å²) in [5.41, 5.74) is 4.91. The van der Waals surface area contributed by atoms with Crippen LogP contribution in [0.1, 0.15) is 30.5 Å². The van der Waals surface area contributed by atoms with Crippen molar-refractivity contribution in [2.24, 2.45) is 0 Å². The van der Waals surface area contributed by atoms with Gasteiger partial charge in [-0.25, -0.2) is 0 Å². The molecule has 3 rings (SSSR count). The maximum atomic E-state index is 7.60. The molecule has 2 heterocycles. The number of nitrogens with one attached hydrogen (secondary N) is 2. The molecule has 0 fully saturated rings. The normalized spacial score (nSPS) is 19.9. The van der Waals surface area contributed by atoms with E-state index in [1.807, 2.05) is 7.05 Å². The van der Waals surface area contributed by atoms with Gasteiger partial charge in [0.05, 0.1) is 6.61 Å². The molecule has 1 aromatic carbocycles. The Morgan fingerprint density at radius 2 is 2.24 bits per heavy atom. The van der Waals surface area contributed by atoms with Gasteiger partial charge in [0.15, 0.2) is 0 Å². The number of ether oxygens (including phenoxy) is 1. The first kappa shape index (κ1) is 14.1. The molecule has 0 aromatic heterocycles. The average molecular weight is 285 g/mol. The van der Waals surface area contributed by atoms with E-state index < -0.39 is 0 Å². The van der Waals surface area contributed by atoms with E-state index in [4.69, 9.17) is 10.1 Å². The molecule has 1 aromatic rings. The van der Waals surface area contributed by atoms with Crippen LogP contribution in [0.25, 0.3) is 0 Å². The minimum absolute atomic E-state index is 0.341. The lowest BCUT2D eigenvalue weighted by Gasteiger charge is -2.34. The van der Waals surface area contributed by atoms with Crippen LogP contribution in [0.2, 0.25) is 0 Å². The largest absolute Gasteiger partial charge is 0.493 e. The molecule has 0 amide bonds. The van der Waals surface area contributed by atoms with Gasteiger partial charge in [-0.05, 0) is 24.1 Å². The fraction of sp³-hybridized carbons (Fsp3) is 0.471. The lowest BCUT2D eigenvalue weighted by atomic mass is 9.99. The quantitative estimate of drug-likeness (QED) is 0.836. The van der Waals surface area contributed by atoms with Crippen LogP contribution < -0.4 is 10.1 Å². The van der Waals surface area contributed by atoms with E-state index in [0.29, 0.717) is 6.04 Å². The van der Waals surface area contributed by atoms with Crippen LogP contribution in [0.4, 0.5) is 0 Å². The topological polar surface area (TPSA) is 48.4 Å². The smallest absolute Gasteiger partial charge is 0.122 e. The first-order valence-electron chi connectivity index (χ1n) is 7.63. The van der Waals surface area contributed by atoms with Crippen molar-refractivity contribution in [3.8, 4) is 5.75 Å². The van der Waals surface area contributed by atoms with Crippen LogP contribution in [0.3, 0.4) is 0 Å². The molecular formula is C17H23N3O. The summed E-state index contributed by atoms with van der Waals surface area (Å²) in [5.74, 6) is 1.05. The third-order valence-electron chi connectivity index (χ3n) is 4.64. The Kier molecular flexibility index (Phi) is 3.97. The standard InChI is InChI=1S/C17H23N3O/c1-12(14-4-3-13-6-8-21-17(13)9-14)20-7-5-16(19-2)15(10-18)11-20/h3-4,9-10,12,18-19H,5-8,11H2,1-2H3. The summed E-state index contributed by atoms with van der Waals surface area (Å²) in [6.45, 7) is 4.90. The summed E-state index contributed by atoms with van der Waals surface area (Å²) in [6, 6.07) is 6.95. The molecule has 0 aliphatic carbocycles. The number of hydrogen-bond acceptors (Lipinski definition) is 4. The van der Waals surface area contributed by atoms with Gasteiger partial charge in [0.1, 0.15) is 5.75 Å². The molecule has 21 heavy (non-hydrogen) atoms. The van der Waals surface area contributed by atoms with Gasteiger partial charge in [-0.15, -0.1) is 0 Å². The Balaban J connectivity index is 1.78. The highest BCUT2D eigenvalue weighted by Crippen LogP contribution is 2.32. The molecule has 0 radical (unpaired) electrons. The van der Waals surface area contributed by atoms with Crippen molar-refractivity contribution in [1.29, 1.82) is 5.41 Å². The van der Waals surface area contributed by atoms with E-state index in [0.717, 1.165) is 43.9 Å². The zero-order valence-electron chi connectivity index (χ0n) is 12.8. The third-order valence-corrected chi connectivity index (χ3v) is 4.64. The highest BCUT2D eigenvalue weighted by Gasteiger charge is 2.23. The van der Waals surface area contributed by atoms with Crippen molar-refractivity contribution in [2.75, 3.05) is 26.7 Å². The van der Waals surface area contributed by atoms with E-state index in [2.05, 4.69) is 35.3 Å². The molecule has 2 aliphatic rings. The fourth-order valence-electron chi connectivity index (χ4n) is 3.21. The van der Waals surface area contributed by atoms with Gasteiger partial charge in [-0.3, -0.25) is 4.90 Å². The summed E-state index contributed by atoms with van der Waals surface area (Å²) in [5, 5.41) is 10.8. The van der Waals surface area contributed by atoms with E-state index in [1.165, 1.54) is 23.0 Å². The molecule has 1 unspecified atom stereocenters. The highest BCUT2D eigenvalue weighted by molar-refractivity contribution is 5.77. The second kappa shape index (κ2) is 5.90. The molecular weight excluding hydrogens is 262 g/mol. The molecule has 2 aliphatic heterocycles. The summed E-state index contributed by atoms with van der Waals surface area (Å²) < 4.78 is 5.68. The lowest BCUT2D eigenvalue weighted by molar-refractivity contribution is 0.221. The first-order chi connectivity index (χ1) is 10.2. The van der Waals surface area contributed by atoms with Gasteiger partial charge in [-0.1, -0.05) is 12.1 Å². The van der Waals surface area contributed by atoms with Crippen molar-refractivity contribution < 1.29 is 4.74 Å². The van der Waals surface area contributed by atoms with Crippen molar-refractivity contribution in [3.05, 3.63) is 40.6 Å². The molecule has 4 heteroatoms. The minimum atomic E-state index is 0.341. The van der Waals surface area contributed by atoms with Crippen LogP contribution in [0.15, 0.2) is 29.5 Å². The molecule has 112 valence electrons. The predicted octanol–water partition coefficient (Wildman–Crippen LogP) is 2.51. The van der Waals surface area contributed by atoms with Gasteiger partial charge in [0, 0.05) is 56.5 Å². The van der Waals surface area contributed by atoms with Gasteiger partial charge >= 0.3 is 0 Å². The summed E-state index contributed by atoms with van der Waals surface area (Å²) >= 11 is 0. The van der Waals surface area contributed by atoms with Crippen LogP contribution in [0, 0.1) is 5.41 Å². The zero-order chi connectivity index (χ0) is 14.8. The van der Waals surface area contributed by atoms with Gasteiger partial charge in [0.2, 0.25) is 0 Å².